The molecule has 1 N–H and O–H groups in total. The summed E-state index contributed by atoms with van der Waals surface area (Å²) in [6.07, 6.45) is 5.07. The molecule has 0 bridgehead atoms. The van der Waals surface area contributed by atoms with Crippen molar-refractivity contribution in [3.8, 4) is 11.5 Å². The lowest BCUT2D eigenvalue weighted by Gasteiger charge is -2.31. The van der Waals surface area contributed by atoms with E-state index in [2.05, 4.69) is 20.3 Å². The number of amides is 1. The number of hydrogen-bond acceptors (Lipinski definition) is 8. The van der Waals surface area contributed by atoms with Crippen LogP contribution in [0.3, 0.4) is 0 Å². The van der Waals surface area contributed by atoms with Crippen molar-refractivity contribution >= 4 is 34.5 Å². The maximum atomic E-state index is 12.8. The SMILES string of the molecule is CSc1nc(N2CCCC2)c2cnn(CCNC(=O)C3Oc4ccccc4OC3C)c2n1. The Morgan fingerprint density at radius 3 is 2.69 bits per heavy atom. The second-order valence-corrected chi connectivity index (χ2v) is 8.71. The van der Waals surface area contributed by atoms with Gasteiger partial charge >= 0.3 is 0 Å². The molecule has 1 aromatic carbocycles. The lowest BCUT2D eigenvalue weighted by Crippen LogP contribution is -2.49. The van der Waals surface area contributed by atoms with Gasteiger partial charge in [-0.1, -0.05) is 23.9 Å². The van der Waals surface area contributed by atoms with E-state index in [0.29, 0.717) is 24.6 Å². The number of anilines is 1. The predicted molar refractivity (Wildman–Crippen MR) is 123 cm³/mol. The van der Waals surface area contributed by atoms with E-state index in [0.717, 1.165) is 35.1 Å². The average Bonchev–Trinajstić information content (AvgIpc) is 3.48. The minimum atomic E-state index is -0.702. The van der Waals surface area contributed by atoms with E-state index in [4.69, 9.17) is 14.5 Å². The molecule has 3 aromatic rings. The van der Waals surface area contributed by atoms with Crippen molar-refractivity contribution in [1.82, 2.24) is 25.1 Å². The number of thioether (sulfide) groups is 1. The topological polar surface area (TPSA) is 94.4 Å². The summed E-state index contributed by atoms with van der Waals surface area (Å²) in [5.74, 6) is 1.98. The Morgan fingerprint density at radius 2 is 1.94 bits per heavy atom. The van der Waals surface area contributed by atoms with Crippen LogP contribution in [0, 0.1) is 0 Å². The third-order valence-electron chi connectivity index (χ3n) is 5.77. The Balaban J connectivity index is 1.27. The summed E-state index contributed by atoms with van der Waals surface area (Å²) in [7, 11) is 0. The Morgan fingerprint density at radius 1 is 1.19 bits per heavy atom. The Labute approximate surface area is 190 Å². The van der Waals surface area contributed by atoms with Gasteiger partial charge in [-0.15, -0.1) is 0 Å². The molecule has 0 aliphatic carbocycles. The molecule has 2 unspecified atom stereocenters. The lowest BCUT2D eigenvalue weighted by molar-refractivity contribution is -0.133. The van der Waals surface area contributed by atoms with Crippen molar-refractivity contribution in [3.05, 3.63) is 30.5 Å². The zero-order valence-electron chi connectivity index (χ0n) is 18.2. The highest BCUT2D eigenvalue weighted by molar-refractivity contribution is 7.98. The monoisotopic (exact) mass is 454 g/mol. The minimum Gasteiger partial charge on any atom is -0.482 e. The standard InChI is InChI=1S/C22H26N6O3S/c1-14-18(31-17-8-4-3-7-16(17)30-14)21(29)23-9-12-28-20-15(13-24-28)19(25-22(26-20)32-2)27-10-5-6-11-27/h3-4,7-8,13-14,18H,5-6,9-12H2,1-2H3,(H,23,29). The number of nitrogens with one attached hydrogen (secondary N) is 1. The number of nitrogens with zero attached hydrogens (tertiary/aromatic N) is 5. The number of para-hydroxylation sites is 2. The van der Waals surface area contributed by atoms with Crippen LogP contribution in [0.1, 0.15) is 19.8 Å². The fourth-order valence-electron chi connectivity index (χ4n) is 4.14. The summed E-state index contributed by atoms with van der Waals surface area (Å²) in [5, 5.41) is 9.16. The van der Waals surface area contributed by atoms with Crippen LogP contribution in [0.5, 0.6) is 11.5 Å². The van der Waals surface area contributed by atoms with Crippen molar-refractivity contribution in [2.45, 2.75) is 43.7 Å². The molecule has 32 heavy (non-hydrogen) atoms. The highest BCUT2D eigenvalue weighted by atomic mass is 32.2. The van der Waals surface area contributed by atoms with Crippen LogP contribution in [0.25, 0.3) is 11.0 Å². The first-order valence-corrected chi connectivity index (χ1v) is 12.1. The average molecular weight is 455 g/mol. The second-order valence-electron chi connectivity index (χ2n) is 7.93. The van der Waals surface area contributed by atoms with Crippen LogP contribution in [0.15, 0.2) is 35.6 Å². The molecule has 2 aliphatic heterocycles. The summed E-state index contributed by atoms with van der Waals surface area (Å²) in [4.78, 5) is 24.5. The molecular formula is C22H26N6O3S. The number of carbonyl (C=O) groups excluding carboxylic acids is 1. The van der Waals surface area contributed by atoms with Gasteiger partial charge in [-0.05, 0) is 38.2 Å². The molecule has 1 fully saturated rings. The highest BCUT2D eigenvalue weighted by Crippen LogP contribution is 2.33. The number of aromatic nitrogens is 4. The summed E-state index contributed by atoms with van der Waals surface area (Å²) in [6, 6.07) is 7.38. The first-order chi connectivity index (χ1) is 15.6. The Hall–Kier alpha value is -3.01. The molecule has 5 rings (SSSR count). The number of carbonyl (C=O) groups is 1. The molecule has 2 aromatic heterocycles. The summed E-state index contributed by atoms with van der Waals surface area (Å²) in [6.45, 7) is 4.75. The van der Waals surface area contributed by atoms with E-state index in [9.17, 15) is 4.79 Å². The van der Waals surface area contributed by atoms with Crippen LogP contribution in [0.4, 0.5) is 5.82 Å². The van der Waals surface area contributed by atoms with Crippen molar-refractivity contribution in [1.29, 1.82) is 0 Å². The number of ether oxygens (including phenoxy) is 2. The molecule has 0 radical (unpaired) electrons. The second kappa shape index (κ2) is 8.85. The lowest BCUT2D eigenvalue weighted by atomic mass is 10.1. The molecular weight excluding hydrogens is 428 g/mol. The zero-order valence-corrected chi connectivity index (χ0v) is 19.0. The normalized spacial score (nSPS) is 20.0. The van der Waals surface area contributed by atoms with Crippen molar-refractivity contribution in [2.24, 2.45) is 0 Å². The van der Waals surface area contributed by atoms with E-state index >= 15 is 0 Å². The van der Waals surface area contributed by atoms with Gasteiger partial charge in [-0.3, -0.25) is 4.79 Å². The summed E-state index contributed by atoms with van der Waals surface area (Å²) < 4.78 is 13.5. The fraction of sp³-hybridized carbons (Fsp3) is 0.455. The van der Waals surface area contributed by atoms with Gasteiger partial charge in [0.25, 0.3) is 5.91 Å². The van der Waals surface area contributed by atoms with Gasteiger partial charge in [-0.2, -0.15) is 5.10 Å². The number of benzene rings is 1. The third-order valence-corrected chi connectivity index (χ3v) is 6.32. The van der Waals surface area contributed by atoms with Crippen molar-refractivity contribution in [2.75, 3.05) is 30.8 Å². The Kier molecular flexibility index (Phi) is 5.77. The highest BCUT2D eigenvalue weighted by Gasteiger charge is 2.33. The molecule has 2 atom stereocenters. The van der Waals surface area contributed by atoms with E-state index in [1.54, 1.807) is 6.07 Å². The van der Waals surface area contributed by atoms with Gasteiger partial charge < -0.3 is 19.7 Å². The van der Waals surface area contributed by atoms with Crippen LogP contribution < -0.4 is 19.7 Å². The van der Waals surface area contributed by atoms with Gasteiger partial charge in [0.2, 0.25) is 6.10 Å². The van der Waals surface area contributed by atoms with E-state index < -0.39 is 6.10 Å². The van der Waals surface area contributed by atoms with Gasteiger partial charge in [0.1, 0.15) is 11.9 Å². The summed E-state index contributed by atoms with van der Waals surface area (Å²) >= 11 is 1.52. The molecule has 4 heterocycles. The van der Waals surface area contributed by atoms with Crippen molar-refractivity contribution in [3.63, 3.8) is 0 Å². The molecule has 1 amide bonds. The van der Waals surface area contributed by atoms with Gasteiger partial charge in [0.15, 0.2) is 22.3 Å². The number of fused-ring (bicyclic) bond motifs is 2. The first kappa shape index (κ1) is 20.9. The van der Waals surface area contributed by atoms with E-state index in [1.807, 2.05) is 42.3 Å². The van der Waals surface area contributed by atoms with Crippen LogP contribution in [-0.2, 0) is 11.3 Å². The first-order valence-electron chi connectivity index (χ1n) is 10.9. The Bertz CT molecular complexity index is 1130. The molecule has 0 spiro atoms. The van der Waals surface area contributed by atoms with Gasteiger partial charge in [0, 0.05) is 19.6 Å². The van der Waals surface area contributed by atoms with E-state index in [-0.39, 0.29) is 12.0 Å². The van der Waals surface area contributed by atoms with Gasteiger partial charge in [-0.25, -0.2) is 14.6 Å². The summed E-state index contributed by atoms with van der Waals surface area (Å²) in [5.41, 5.74) is 0.792. The van der Waals surface area contributed by atoms with Crippen LogP contribution in [-0.4, -0.2) is 63.8 Å². The maximum Gasteiger partial charge on any atom is 0.265 e. The fourth-order valence-corrected chi connectivity index (χ4v) is 4.49. The van der Waals surface area contributed by atoms with Crippen LogP contribution >= 0.6 is 11.8 Å². The predicted octanol–water partition coefficient (Wildman–Crippen LogP) is 2.49. The largest absolute Gasteiger partial charge is 0.482 e. The molecule has 9 nitrogen and oxygen atoms in total. The molecule has 2 aliphatic rings. The van der Waals surface area contributed by atoms with Crippen LogP contribution in [0.2, 0.25) is 0 Å². The molecule has 10 heteroatoms. The van der Waals surface area contributed by atoms with Crippen molar-refractivity contribution < 1.29 is 14.3 Å². The molecule has 1 saturated heterocycles. The smallest absolute Gasteiger partial charge is 0.265 e. The quantitative estimate of drug-likeness (QED) is 0.449. The molecule has 0 saturated carbocycles. The zero-order chi connectivity index (χ0) is 22.1. The van der Waals surface area contributed by atoms with E-state index in [1.165, 1.54) is 24.6 Å². The molecule has 168 valence electrons. The third kappa shape index (κ3) is 3.94. The van der Waals surface area contributed by atoms with Gasteiger partial charge in [0.05, 0.1) is 18.1 Å². The number of rotatable bonds is 6. The number of hydrogen-bond donors (Lipinski definition) is 1. The maximum absolute atomic E-state index is 12.8. The minimum absolute atomic E-state index is 0.208.